The average Bonchev–Trinajstić information content (AvgIpc) is 2.29. The molecule has 0 heterocycles. The van der Waals surface area contributed by atoms with Crippen LogP contribution in [0.4, 0.5) is 0 Å². The molecule has 0 amide bonds. The number of rotatable bonds is 9. The molecule has 0 saturated heterocycles. The van der Waals surface area contributed by atoms with Gasteiger partial charge >= 0.3 is 0 Å². The molecule has 122 valence electrons. The molecule has 0 aliphatic rings. The van der Waals surface area contributed by atoms with Gasteiger partial charge in [0.25, 0.3) is 0 Å². The second kappa shape index (κ2) is 11.5. The van der Waals surface area contributed by atoms with Crippen molar-refractivity contribution in [1.82, 2.24) is 9.62 Å². The van der Waals surface area contributed by atoms with Crippen molar-refractivity contribution in [2.75, 3.05) is 39.1 Å². The number of nitrogens with two attached hydrogens (primary N) is 1. The van der Waals surface area contributed by atoms with Gasteiger partial charge in [0.15, 0.2) is 5.96 Å². The number of aliphatic imine (C=N–C) groups is 1. The zero-order chi connectivity index (χ0) is 14.9. The Morgan fingerprint density at radius 2 is 1.95 bits per heavy atom. The lowest BCUT2D eigenvalue weighted by molar-refractivity contribution is 0.179. The van der Waals surface area contributed by atoms with Crippen molar-refractivity contribution in [3.8, 4) is 0 Å². The van der Waals surface area contributed by atoms with Crippen molar-refractivity contribution >= 4 is 40.0 Å². The summed E-state index contributed by atoms with van der Waals surface area (Å²) in [6.45, 7) is 7.13. The molecule has 3 N–H and O–H groups in total. The highest BCUT2D eigenvalue weighted by Crippen LogP contribution is 2.00. The van der Waals surface area contributed by atoms with Crippen LogP contribution < -0.4 is 11.1 Å². The molecule has 20 heavy (non-hydrogen) atoms. The van der Waals surface area contributed by atoms with Gasteiger partial charge in [0.1, 0.15) is 0 Å². The molecule has 7 nitrogen and oxygen atoms in total. The standard InChI is InChI=1S/C11H26N4O3S.HI/c1-5-15(6-2)19(16,17)8-7-13-11(12)14-10(3)9-18-4;/h10H,5-9H2,1-4H3,(H3,12,13,14);1H. The monoisotopic (exact) mass is 422 g/mol. The number of guanidine groups is 1. The number of sulfonamides is 1. The number of hydrogen-bond acceptors (Lipinski definition) is 4. The maximum absolute atomic E-state index is 11.9. The highest BCUT2D eigenvalue weighted by atomic mass is 127. The first kappa shape index (κ1) is 22.2. The van der Waals surface area contributed by atoms with Gasteiger partial charge in [-0.1, -0.05) is 13.8 Å². The van der Waals surface area contributed by atoms with Crippen LogP contribution in [0.2, 0.25) is 0 Å². The van der Waals surface area contributed by atoms with E-state index in [0.29, 0.717) is 19.7 Å². The minimum Gasteiger partial charge on any atom is -0.383 e. The van der Waals surface area contributed by atoms with Gasteiger partial charge in [-0.25, -0.2) is 12.7 Å². The van der Waals surface area contributed by atoms with E-state index in [9.17, 15) is 8.42 Å². The summed E-state index contributed by atoms with van der Waals surface area (Å²) in [5.41, 5.74) is 5.65. The first-order valence-electron chi connectivity index (χ1n) is 6.40. The smallest absolute Gasteiger partial charge is 0.215 e. The Labute approximate surface area is 139 Å². The fourth-order valence-electron chi connectivity index (χ4n) is 1.62. The van der Waals surface area contributed by atoms with Crippen molar-refractivity contribution in [3.63, 3.8) is 0 Å². The van der Waals surface area contributed by atoms with Gasteiger partial charge in [-0.3, -0.25) is 4.99 Å². The number of nitrogens with zero attached hydrogens (tertiary/aromatic N) is 2. The molecule has 1 unspecified atom stereocenters. The topological polar surface area (TPSA) is 97.0 Å². The molecule has 0 aromatic heterocycles. The van der Waals surface area contributed by atoms with Gasteiger partial charge in [0.05, 0.1) is 18.9 Å². The second-order valence-electron chi connectivity index (χ2n) is 4.17. The van der Waals surface area contributed by atoms with Crippen molar-refractivity contribution in [3.05, 3.63) is 0 Å². The average molecular weight is 422 g/mol. The van der Waals surface area contributed by atoms with Crippen LogP contribution in [-0.4, -0.2) is 63.8 Å². The van der Waals surface area contributed by atoms with E-state index in [1.807, 2.05) is 20.8 Å². The number of nitrogens with one attached hydrogen (secondary N) is 1. The van der Waals surface area contributed by atoms with Gasteiger partial charge < -0.3 is 15.8 Å². The number of methoxy groups -OCH3 is 1. The van der Waals surface area contributed by atoms with E-state index in [0.717, 1.165) is 0 Å². The van der Waals surface area contributed by atoms with Crippen LogP contribution in [0.3, 0.4) is 0 Å². The van der Waals surface area contributed by atoms with Crippen molar-refractivity contribution < 1.29 is 13.2 Å². The zero-order valence-electron chi connectivity index (χ0n) is 12.6. The summed E-state index contributed by atoms with van der Waals surface area (Å²) in [4.78, 5) is 4.00. The van der Waals surface area contributed by atoms with Crippen molar-refractivity contribution in [1.29, 1.82) is 0 Å². The Bertz CT molecular complexity index is 372. The summed E-state index contributed by atoms with van der Waals surface area (Å²) in [6, 6.07) is 0.0353. The van der Waals surface area contributed by atoms with Crippen LogP contribution in [0.25, 0.3) is 0 Å². The molecule has 0 radical (unpaired) electrons. The fourth-order valence-corrected chi connectivity index (χ4v) is 2.98. The summed E-state index contributed by atoms with van der Waals surface area (Å²) >= 11 is 0. The lowest BCUT2D eigenvalue weighted by atomic mass is 10.4. The van der Waals surface area contributed by atoms with Crippen LogP contribution in [-0.2, 0) is 14.8 Å². The van der Waals surface area contributed by atoms with E-state index in [1.165, 1.54) is 4.31 Å². The molecule has 0 spiro atoms. The highest BCUT2D eigenvalue weighted by Gasteiger charge is 2.17. The molecule has 1 atom stereocenters. The molecule has 0 aromatic carbocycles. The van der Waals surface area contributed by atoms with Gasteiger partial charge in [0.2, 0.25) is 10.0 Å². The molecule has 0 aliphatic carbocycles. The minimum absolute atomic E-state index is 0. The van der Waals surface area contributed by atoms with Gasteiger partial charge in [0, 0.05) is 26.2 Å². The van der Waals surface area contributed by atoms with Crippen LogP contribution in [0.1, 0.15) is 20.8 Å². The van der Waals surface area contributed by atoms with E-state index >= 15 is 0 Å². The van der Waals surface area contributed by atoms with Gasteiger partial charge in [-0.15, -0.1) is 24.0 Å². The first-order chi connectivity index (χ1) is 8.87. The van der Waals surface area contributed by atoms with E-state index in [2.05, 4.69) is 10.3 Å². The maximum atomic E-state index is 11.9. The lowest BCUT2D eigenvalue weighted by Gasteiger charge is -2.17. The predicted molar refractivity (Wildman–Crippen MR) is 93.1 cm³/mol. The van der Waals surface area contributed by atoms with Crippen LogP contribution in [0.5, 0.6) is 0 Å². The van der Waals surface area contributed by atoms with Crippen molar-refractivity contribution in [2.24, 2.45) is 10.7 Å². The number of ether oxygens (including phenoxy) is 1. The molecule has 0 bridgehead atoms. The lowest BCUT2D eigenvalue weighted by Crippen LogP contribution is -2.41. The molecular weight excluding hydrogens is 395 g/mol. The third kappa shape index (κ3) is 8.93. The third-order valence-corrected chi connectivity index (χ3v) is 4.54. The minimum atomic E-state index is -3.24. The Balaban J connectivity index is 0. The van der Waals surface area contributed by atoms with Crippen molar-refractivity contribution in [2.45, 2.75) is 26.8 Å². The van der Waals surface area contributed by atoms with E-state index < -0.39 is 10.0 Å². The highest BCUT2D eigenvalue weighted by molar-refractivity contribution is 14.0. The molecular formula is C11H27IN4O3S. The molecule has 0 saturated carbocycles. The molecule has 0 fully saturated rings. The summed E-state index contributed by atoms with van der Waals surface area (Å²) in [5, 5.41) is 2.92. The zero-order valence-corrected chi connectivity index (χ0v) is 15.8. The molecule has 0 aliphatic heterocycles. The van der Waals surface area contributed by atoms with Crippen LogP contribution >= 0.6 is 24.0 Å². The second-order valence-corrected chi connectivity index (χ2v) is 6.26. The largest absolute Gasteiger partial charge is 0.383 e. The summed E-state index contributed by atoms with van der Waals surface area (Å²) < 4.78 is 30.1. The normalized spacial score (nSPS) is 13.9. The van der Waals surface area contributed by atoms with Gasteiger partial charge in [-0.2, -0.15) is 0 Å². The third-order valence-electron chi connectivity index (χ3n) is 2.54. The molecule has 0 aromatic rings. The van der Waals surface area contributed by atoms with E-state index in [4.69, 9.17) is 10.5 Å². The fraction of sp³-hybridized carbons (Fsp3) is 0.909. The van der Waals surface area contributed by atoms with Crippen LogP contribution in [0, 0.1) is 0 Å². The van der Waals surface area contributed by atoms with Crippen LogP contribution in [0.15, 0.2) is 4.99 Å². The quantitative estimate of drug-likeness (QED) is 0.315. The Hall–Kier alpha value is -0.130. The number of halogens is 1. The summed E-state index contributed by atoms with van der Waals surface area (Å²) in [5.74, 6) is 0.203. The molecule has 9 heteroatoms. The Morgan fingerprint density at radius 1 is 1.40 bits per heavy atom. The maximum Gasteiger partial charge on any atom is 0.215 e. The van der Waals surface area contributed by atoms with E-state index in [1.54, 1.807) is 7.11 Å². The Morgan fingerprint density at radius 3 is 2.40 bits per heavy atom. The summed E-state index contributed by atoms with van der Waals surface area (Å²) in [6.07, 6.45) is 0. The van der Waals surface area contributed by atoms with Gasteiger partial charge in [-0.05, 0) is 6.92 Å². The van der Waals surface area contributed by atoms with E-state index in [-0.39, 0.29) is 48.3 Å². The predicted octanol–water partition coefficient (Wildman–Crippen LogP) is 0.215. The SMILES string of the molecule is CCN(CC)S(=O)(=O)CCN=C(N)NC(C)COC.I. The number of hydrogen-bond donors (Lipinski definition) is 2. The molecule has 0 rings (SSSR count). The Kier molecular flexibility index (Phi) is 12.8. The summed E-state index contributed by atoms with van der Waals surface area (Å²) in [7, 11) is -1.64. The first-order valence-corrected chi connectivity index (χ1v) is 8.01.